The molecule has 1 nitrogen and oxygen atoms in total. The standard InChI is InChI=1S/C54H37NS/c1-4-11-38(12-5-1)41-23-29-49(30-24-41)55(48-17-8-3-9-18-48)50-31-25-42(26-32-50)40-19-21-43(22-20-40)44-15-10-16-45(35-44)47-28-34-54-52(37-47)51-36-46(27-33-53(51)56-54)39-13-6-2-7-14-39/h1-37H. The Morgan fingerprint density at radius 3 is 1.04 bits per heavy atom. The van der Waals surface area contributed by atoms with Gasteiger partial charge >= 0.3 is 0 Å². The first kappa shape index (κ1) is 33.6. The van der Waals surface area contributed by atoms with Gasteiger partial charge in [-0.25, -0.2) is 0 Å². The summed E-state index contributed by atoms with van der Waals surface area (Å²) in [5.74, 6) is 0. The lowest BCUT2D eigenvalue weighted by atomic mass is 9.96. The van der Waals surface area contributed by atoms with Crippen molar-refractivity contribution in [2.24, 2.45) is 0 Å². The summed E-state index contributed by atoms with van der Waals surface area (Å²) in [6.45, 7) is 0. The Kier molecular flexibility index (Phi) is 8.79. The van der Waals surface area contributed by atoms with Crippen LogP contribution in [0.3, 0.4) is 0 Å². The van der Waals surface area contributed by atoms with Gasteiger partial charge in [-0.15, -0.1) is 11.3 Å². The first-order chi connectivity index (χ1) is 27.7. The van der Waals surface area contributed by atoms with Crippen LogP contribution in [0.5, 0.6) is 0 Å². The van der Waals surface area contributed by atoms with Gasteiger partial charge < -0.3 is 4.90 Å². The van der Waals surface area contributed by atoms with Crippen LogP contribution in [0.1, 0.15) is 0 Å². The van der Waals surface area contributed by atoms with E-state index in [0.717, 1.165) is 17.1 Å². The molecule has 264 valence electrons. The molecule has 0 saturated carbocycles. The first-order valence-corrected chi connectivity index (χ1v) is 19.9. The number of hydrogen-bond acceptors (Lipinski definition) is 2. The van der Waals surface area contributed by atoms with Crippen molar-refractivity contribution in [3.63, 3.8) is 0 Å². The van der Waals surface area contributed by atoms with Crippen molar-refractivity contribution in [2.45, 2.75) is 0 Å². The third-order valence-electron chi connectivity index (χ3n) is 10.7. The molecule has 9 aromatic carbocycles. The van der Waals surface area contributed by atoms with Crippen LogP contribution in [0.25, 0.3) is 75.8 Å². The zero-order valence-electron chi connectivity index (χ0n) is 30.7. The zero-order valence-corrected chi connectivity index (χ0v) is 31.5. The second-order valence-corrected chi connectivity index (χ2v) is 15.3. The molecule has 0 saturated heterocycles. The van der Waals surface area contributed by atoms with E-state index in [-0.39, 0.29) is 0 Å². The van der Waals surface area contributed by atoms with Crippen molar-refractivity contribution in [3.05, 3.63) is 224 Å². The van der Waals surface area contributed by atoms with E-state index in [0.29, 0.717) is 0 Å². The molecule has 0 atom stereocenters. The molecule has 0 aliphatic carbocycles. The Hall–Kier alpha value is -7.00. The molecule has 0 N–H and O–H groups in total. The van der Waals surface area contributed by atoms with E-state index in [9.17, 15) is 0 Å². The maximum atomic E-state index is 2.37. The highest BCUT2D eigenvalue weighted by Gasteiger charge is 2.14. The zero-order chi connectivity index (χ0) is 37.3. The van der Waals surface area contributed by atoms with Crippen LogP contribution in [0, 0.1) is 0 Å². The lowest BCUT2D eigenvalue weighted by Crippen LogP contribution is -2.09. The predicted molar refractivity (Wildman–Crippen MR) is 241 cm³/mol. The molecule has 0 radical (unpaired) electrons. The van der Waals surface area contributed by atoms with Gasteiger partial charge in [0.1, 0.15) is 0 Å². The summed E-state index contributed by atoms with van der Waals surface area (Å²) in [7, 11) is 0. The minimum absolute atomic E-state index is 1.12. The van der Waals surface area contributed by atoms with Gasteiger partial charge in [-0.2, -0.15) is 0 Å². The molecule has 2 heteroatoms. The average Bonchev–Trinajstić information content (AvgIpc) is 3.65. The highest BCUT2D eigenvalue weighted by atomic mass is 32.1. The average molecular weight is 732 g/mol. The SMILES string of the molecule is c1ccc(-c2ccc(N(c3ccccc3)c3ccc(-c4ccc(-c5cccc(-c6ccc7sc8ccc(-c9ccccc9)cc8c7c6)c5)cc4)cc3)cc2)cc1. The van der Waals surface area contributed by atoms with E-state index in [1.807, 2.05) is 11.3 Å². The van der Waals surface area contributed by atoms with E-state index in [4.69, 9.17) is 0 Å². The third-order valence-corrected chi connectivity index (χ3v) is 11.8. The van der Waals surface area contributed by atoms with Crippen molar-refractivity contribution < 1.29 is 0 Å². The number of benzene rings is 9. The van der Waals surface area contributed by atoms with Crippen LogP contribution >= 0.6 is 11.3 Å². The number of rotatable bonds is 8. The fraction of sp³-hybridized carbons (Fsp3) is 0. The molecule has 0 aliphatic rings. The largest absolute Gasteiger partial charge is 0.311 e. The number of nitrogens with zero attached hydrogens (tertiary/aromatic N) is 1. The third kappa shape index (κ3) is 6.57. The van der Waals surface area contributed by atoms with Crippen LogP contribution in [-0.2, 0) is 0 Å². The molecule has 1 heterocycles. The Morgan fingerprint density at radius 2 is 0.536 bits per heavy atom. The number of para-hydroxylation sites is 1. The number of thiophene rings is 1. The molecule has 10 aromatic rings. The van der Waals surface area contributed by atoms with Gasteiger partial charge in [-0.3, -0.25) is 0 Å². The smallest absolute Gasteiger partial charge is 0.0462 e. The molecule has 56 heavy (non-hydrogen) atoms. The Labute approximate surface area is 332 Å². The van der Waals surface area contributed by atoms with Crippen LogP contribution in [0.2, 0.25) is 0 Å². The van der Waals surface area contributed by atoms with Crippen molar-refractivity contribution in [1.82, 2.24) is 0 Å². The Morgan fingerprint density at radius 1 is 0.232 bits per heavy atom. The van der Waals surface area contributed by atoms with E-state index >= 15 is 0 Å². The van der Waals surface area contributed by atoms with E-state index in [1.165, 1.54) is 75.8 Å². The van der Waals surface area contributed by atoms with Gasteiger partial charge in [0.05, 0.1) is 0 Å². The fourth-order valence-electron chi connectivity index (χ4n) is 7.76. The van der Waals surface area contributed by atoms with E-state index in [1.54, 1.807) is 0 Å². The number of fused-ring (bicyclic) bond motifs is 3. The summed E-state index contributed by atoms with van der Waals surface area (Å²) in [6, 6.07) is 81.2. The maximum Gasteiger partial charge on any atom is 0.0462 e. The van der Waals surface area contributed by atoms with Crippen molar-refractivity contribution >= 4 is 48.6 Å². The van der Waals surface area contributed by atoms with Crippen LogP contribution in [0.4, 0.5) is 17.1 Å². The van der Waals surface area contributed by atoms with Gasteiger partial charge in [0, 0.05) is 37.2 Å². The van der Waals surface area contributed by atoms with Gasteiger partial charge in [-0.1, -0.05) is 158 Å². The molecule has 0 amide bonds. The quantitative estimate of drug-likeness (QED) is 0.150. The summed E-state index contributed by atoms with van der Waals surface area (Å²) in [5.41, 5.74) is 15.5. The summed E-state index contributed by atoms with van der Waals surface area (Å²) in [4.78, 5) is 2.31. The van der Waals surface area contributed by atoms with Gasteiger partial charge in [0.15, 0.2) is 0 Å². The van der Waals surface area contributed by atoms with Crippen molar-refractivity contribution in [3.8, 4) is 55.6 Å². The first-order valence-electron chi connectivity index (χ1n) is 19.1. The van der Waals surface area contributed by atoms with Gasteiger partial charge in [0.2, 0.25) is 0 Å². The topological polar surface area (TPSA) is 3.24 Å². The Balaban J connectivity index is 0.909. The second-order valence-electron chi connectivity index (χ2n) is 14.2. The monoisotopic (exact) mass is 731 g/mol. The predicted octanol–water partition coefficient (Wildman–Crippen LogP) is 15.9. The molecule has 10 rings (SSSR count). The second kappa shape index (κ2) is 14.7. The molecule has 0 fully saturated rings. The summed E-state index contributed by atoms with van der Waals surface area (Å²) >= 11 is 1.87. The minimum Gasteiger partial charge on any atom is -0.311 e. The van der Waals surface area contributed by atoms with Crippen LogP contribution in [-0.4, -0.2) is 0 Å². The van der Waals surface area contributed by atoms with Gasteiger partial charge in [0.25, 0.3) is 0 Å². The molecular weight excluding hydrogens is 695 g/mol. The van der Waals surface area contributed by atoms with Crippen LogP contribution in [0.15, 0.2) is 224 Å². The van der Waals surface area contributed by atoms with E-state index in [2.05, 4.69) is 229 Å². The molecule has 0 aliphatic heterocycles. The molecule has 0 unspecified atom stereocenters. The molecule has 0 spiro atoms. The number of anilines is 3. The van der Waals surface area contributed by atoms with Crippen molar-refractivity contribution in [1.29, 1.82) is 0 Å². The fourth-order valence-corrected chi connectivity index (χ4v) is 8.83. The number of hydrogen-bond donors (Lipinski definition) is 0. The van der Waals surface area contributed by atoms with Crippen LogP contribution < -0.4 is 4.90 Å². The Bertz CT molecular complexity index is 2910. The van der Waals surface area contributed by atoms with Crippen molar-refractivity contribution in [2.75, 3.05) is 4.90 Å². The normalized spacial score (nSPS) is 11.2. The lowest BCUT2D eigenvalue weighted by Gasteiger charge is -2.26. The minimum atomic E-state index is 1.12. The lowest BCUT2D eigenvalue weighted by molar-refractivity contribution is 1.28. The molecule has 1 aromatic heterocycles. The van der Waals surface area contributed by atoms with Gasteiger partial charge in [-0.05, 0) is 122 Å². The molecule has 0 bridgehead atoms. The maximum absolute atomic E-state index is 2.37. The highest BCUT2D eigenvalue weighted by Crippen LogP contribution is 2.40. The highest BCUT2D eigenvalue weighted by molar-refractivity contribution is 7.25. The van der Waals surface area contributed by atoms with E-state index < -0.39 is 0 Å². The summed E-state index contributed by atoms with van der Waals surface area (Å²) < 4.78 is 2.64. The molecular formula is C54H37NS. The summed E-state index contributed by atoms with van der Waals surface area (Å²) in [5, 5.41) is 2.63. The summed E-state index contributed by atoms with van der Waals surface area (Å²) in [6.07, 6.45) is 0.